The molecule has 8 heteroatoms. The molecule has 4 rings (SSSR count). The summed E-state index contributed by atoms with van der Waals surface area (Å²) in [6.45, 7) is 1.64. The van der Waals surface area contributed by atoms with E-state index in [0.29, 0.717) is 21.9 Å². The second-order valence-corrected chi connectivity index (χ2v) is 8.90. The minimum absolute atomic E-state index is 0.284. The number of nitrogens with zero attached hydrogens (tertiary/aromatic N) is 1. The van der Waals surface area contributed by atoms with Gasteiger partial charge in [-0.3, -0.25) is 4.79 Å². The fourth-order valence-electron chi connectivity index (χ4n) is 3.26. The van der Waals surface area contributed by atoms with Crippen LogP contribution in [0, 0.1) is 0 Å². The molecule has 1 amide bonds. The summed E-state index contributed by atoms with van der Waals surface area (Å²) >= 11 is 9.27. The molecule has 0 fully saturated rings. The number of hydrazone groups is 1. The van der Waals surface area contributed by atoms with Crippen molar-refractivity contribution in [2.45, 2.75) is 13.0 Å². The molecule has 0 saturated carbocycles. The Morgan fingerprint density at radius 1 is 0.971 bits per heavy atom. The Balaban J connectivity index is 1.42. The van der Waals surface area contributed by atoms with E-state index in [9.17, 15) is 9.59 Å². The van der Waals surface area contributed by atoms with Gasteiger partial charge in [0, 0.05) is 20.4 Å². The van der Waals surface area contributed by atoms with Crippen LogP contribution in [-0.2, 0) is 4.79 Å². The summed E-state index contributed by atoms with van der Waals surface area (Å²) in [4.78, 5) is 25.1. The number of carbonyl (C=O) groups is 2. The predicted octanol–water partition coefficient (Wildman–Crippen LogP) is 6.39. The fourth-order valence-corrected chi connectivity index (χ4v) is 3.76. The van der Waals surface area contributed by atoms with Crippen LogP contribution in [0.3, 0.4) is 0 Å². The first-order valence-electron chi connectivity index (χ1n) is 10.7. The normalized spacial score (nSPS) is 11.9. The van der Waals surface area contributed by atoms with Crippen LogP contribution < -0.4 is 14.9 Å². The molecule has 4 aromatic rings. The lowest BCUT2D eigenvalue weighted by Crippen LogP contribution is -2.33. The number of rotatable bonds is 7. The van der Waals surface area contributed by atoms with Gasteiger partial charge >= 0.3 is 5.97 Å². The topological polar surface area (TPSA) is 77.0 Å². The summed E-state index contributed by atoms with van der Waals surface area (Å²) in [6, 6.07) is 24.9. The highest BCUT2D eigenvalue weighted by Crippen LogP contribution is 2.26. The van der Waals surface area contributed by atoms with E-state index in [4.69, 9.17) is 21.1 Å². The standard InChI is InChI=1S/C27H20BrClN2O4/c1-17(34-25-8-4-6-18-5-2-3-7-23(18)25)26(32)31-30-16-20-15-21(28)11-14-24(20)35-27(33)19-9-12-22(29)13-10-19/h2-17H,1H3,(H,31,32)/b30-16-/t17-/m0/s1. The Kier molecular flexibility index (Phi) is 7.80. The molecule has 0 radical (unpaired) electrons. The summed E-state index contributed by atoms with van der Waals surface area (Å²) in [5.41, 5.74) is 3.32. The van der Waals surface area contributed by atoms with E-state index in [0.717, 1.165) is 15.2 Å². The van der Waals surface area contributed by atoms with Crippen molar-refractivity contribution in [2.24, 2.45) is 5.10 Å². The van der Waals surface area contributed by atoms with Crippen LogP contribution in [0.1, 0.15) is 22.8 Å². The maximum Gasteiger partial charge on any atom is 0.343 e. The summed E-state index contributed by atoms with van der Waals surface area (Å²) in [6.07, 6.45) is 0.611. The molecule has 4 aromatic carbocycles. The summed E-state index contributed by atoms with van der Waals surface area (Å²) < 4.78 is 12.1. The van der Waals surface area contributed by atoms with Gasteiger partial charge in [0.2, 0.25) is 0 Å². The molecule has 0 bridgehead atoms. The molecule has 0 aromatic heterocycles. The van der Waals surface area contributed by atoms with Gasteiger partial charge in [-0.2, -0.15) is 5.10 Å². The maximum atomic E-state index is 12.6. The van der Waals surface area contributed by atoms with Gasteiger partial charge in [-0.05, 0) is 60.8 Å². The summed E-state index contributed by atoms with van der Waals surface area (Å²) in [7, 11) is 0. The molecular formula is C27H20BrClN2O4. The average Bonchev–Trinajstić information content (AvgIpc) is 2.86. The molecule has 1 N–H and O–H groups in total. The van der Waals surface area contributed by atoms with Crippen LogP contribution in [0.2, 0.25) is 5.02 Å². The van der Waals surface area contributed by atoms with E-state index in [1.54, 1.807) is 49.4 Å². The monoisotopic (exact) mass is 550 g/mol. The number of halogens is 2. The molecule has 35 heavy (non-hydrogen) atoms. The van der Waals surface area contributed by atoms with Crippen LogP contribution in [0.15, 0.2) is 94.5 Å². The Morgan fingerprint density at radius 2 is 1.71 bits per heavy atom. The summed E-state index contributed by atoms with van der Waals surface area (Å²) in [5, 5.41) is 6.48. The van der Waals surface area contributed by atoms with Gasteiger partial charge in [-0.25, -0.2) is 10.2 Å². The van der Waals surface area contributed by atoms with Gasteiger partial charge in [0.25, 0.3) is 5.91 Å². The Bertz CT molecular complexity index is 1400. The zero-order valence-electron chi connectivity index (χ0n) is 18.6. The summed E-state index contributed by atoms with van der Waals surface area (Å²) in [5.74, 6) is -0.0759. The number of ether oxygens (including phenoxy) is 2. The number of nitrogens with one attached hydrogen (secondary N) is 1. The van der Waals surface area contributed by atoms with E-state index >= 15 is 0 Å². The third-order valence-corrected chi connectivity index (χ3v) is 5.80. The number of carbonyl (C=O) groups excluding carboxylic acids is 2. The smallest absolute Gasteiger partial charge is 0.343 e. The third-order valence-electron chi connectivity index (χ3n) is 5.06. The second-order valence-electron chi connectivity index (χ2n) is 7.55. The molecule has 176 valence electrons. The second kappa shape index (κ2) is 11.2. The first kappa shape index (κ1) is 24.4. The van der Waals surface area contributed by atoms with Crippen LogP contribution in [0.4, 0.5) is 0 Å². The van der Waals surface area contributed by atoms with E-state index in [2.05, 4.69) is 26.5 Å². The van der Waals surface area contributed by atoms with Crippen molar-refractivity contribution < 1.29 is 19.1 Å². The molecule has 0 heterocycles. The van der Waals surface area contributed by atoms with Crippen molar-refractivity contribution in [1.82, 2.24) is 5.43 Å². The highest BCUT2D eigenvalue weighted by atomic mass is 79.9. The van der Waals surface area contributed by atoms with Gasteiger partial charge in [0.15, 0.2) is 6.10 Å². The average molecular weight is 552 g/mol. The number of hydrogen-bond donors (Lipinski definition) is 1. The van der Waals surface area contributed by atoms with E-state index < -0.39 is 18.0 Å². The minimum atomic E-state index is -0.789. The first-order valence-corrected chi connectivity index (χ1v) is 11.8. The van der Waals surface area contributed by atoms with Crippen LogP contribution >= 0.6 is 27.5 Å². The van der Waals surface area contributed by atoms with E-state index in [1.807, 2.05) is 42.5 Å². The van der Waals surface area contributed by atoms with Crippen molar-refractivity contribution in [3.63, 3.8) is 0 Å². The van der Waals surface area contributed by atoms with Crippen molar-refractivity contribution in [1.29, 1.82) is 0 Å². The van der Waals surface area contributed by atoms with Crippen LogP contribution in [-0.4, -0.2) is 24.2 Å². The largest absolute Gasteiger partial charge is 0.480 e. The SMILES string of the molecule is C[C@H](Oc1cccc2ccccc12)C(=O)N/N=C\c1cc(Br)ccc1OC(=O)c1ccc(Cl)cc1. The maximum absolute atomic E-state index is 12.6. The lowest BCUT2D eigenvalue weighted by atomic mass is 10.1. The highest BCUT2D eigenvalue weighted by molar-refractivity contribution is 9.10. The molecule has 0 aliphatic rings. The number of hydrogen-bond acceptors (Lipinski definition) is 5. The Labute approximate surface area is 215 Å². The number of amides is 1. The predicted molar refractivity (Wildman–Crippen MR) is 140 cm³/mol. The molecule has 6 nitrogen and oxygen atoms in total. The molecular weight excluding hydrogens is 532 g/mol. The van der Waals surface area contributed by atoms with Gasteiger partial charge in [-0.1, -0.05) is 63.9 Å². The number of esters is 1. The number of benzene rings is 4. The Morgan fingerprint density at radius 3 is 2.51 bits per heavy atom. The van der Waals surface area contributed by atoms with Gasteiger partial charge in [0.1, 0.15) is 11.5 Å². The van der Waals surface area contributed by atoms with Gasteiger partial charge < -0.3 is 9.47 Å². The Hall–Kier alpha value is -3.68. The highest BCUT2D eigenvalue weighted by Gasteiger charge is 2.16. The fraction of sp³-hybridized carbons (Fsp3) is 0.0741. The van der Waals surface area contributed by atoms with Crippen molar-refractivity contribution in [3.05, 3.63) is 106 Å². The first-order chi connectivity index (χ1) is 16.9. The molecule has 0 aliphatic carbocycles. The molecule has 0 spiro atoms. The zero-order valence-corrected chi connectivity index (χ0v) is 20.9. The molecule has 0 aliphatic heterocycles. The van der Waals surface area contributed by atoms with E-state index in [1.165, 1.54) is 6.21 Å². The molecule has 0 unspecified atom stereocenters. The van der Waals surface area contributed by atoms with Gasteiger partial charge in [0.05, 0.1) is 11.8 Å². The van der Waals surface area contributed by atoms with E-state index in [-0.39, 0.29) is 5.75 Å². The van der Waals surface area contributed by atoms with Crippen molar-refractivity contribution in [3.8, 4) is 11.5 Å². The zero-order chi connectivity index (χ0) is 24.8. The quantitative estimate of drug-likeness (QED) is 0.125. The van der Waals surface area contributed by atoms with Crippen LogP contribution in [0.25, 0.3) is 10.8 Å². The number of fused-ring (bicyclic) bond motifs is 1. The third kappa shape index (κ3) is 6.26. The minimum Gasteiger partial charge on any atom is -0.480 e. The van der Waals surface area contributed by atoms with Crippen molar-refractivity contribution in [2.75, 3.05) is 0 Å². The van der Waals surface area contributed by atoms with Crippen LogP contribution in [0.5, 0.6) is 11.5 Å². The van der Waals surface area contributed by atoms with Gasteiger partial charge in [-0.15, -0.1) is 0 Å². The van der Waals surface area contributed by atoms with Crippen molar-refractivity contribution >= 4 is 56.4 Å². The lowest BCUT2D eigenvalue weighted by Gasteiger charge is -2.14. The molecule has 1 atom stereocenters. The molecule has 0 saturated heterocycles. The lowest BCUT2D eigenvalue weighted by molar-refractivity contribution is -0.127.